The van der Waals surface area contributed by atoms with Crippen molar-refractivity contribution >= 4 is 0 Å². The number of hydrogen-bond donors (Lipinski definition) is 2. The summed E-state index contributed by atoms with van der Waals surface area (Å²) in [5.74, 6) is 4.68. The normalized spacial score (nSPS) is 81.8. The SMILES string of the molecule is C[C@@]1(O)[C@@H]2[C@@H]3CC[C@@H]4[C@H]2[C@H]2[C@H]1[C@H]3[C@@H]4[C@@]2(C)O. The lowest BCUT2D eigenvalue weighted by Gasteiger charge is -2.51. The van der Waals surface area contributed by atoms with E-state index in [9.17, 15) is 10.2 Å². The summed E-state index contributed by atoms with van der Waals surface area (Å²) in [5.41, 5.74) is -0.919. The second-order valence-corrected chi connectivity index (χ2v) is 7.61. The molecule has 2 N–H and O–H groups in total. The van der Waals surface area contributed by atoms with E-state index in [1.165, 1.54) is 12.8 Å². The number of aliphatic hydroxyl groups is 2. The molecule has 0 aliphatic heterocycles. The minimum Gasteiger partial charge on any atom is -0.390 e. The fourth-order valence-corrected chi connectivity index (χ4v) is 7.77. The monoisotopic (exact) mass is 220 g/mol. The molecule has 0 spiro atoms. The van der Waals surface area contributed by atoms with Crippen LogP contribution in [0.15, 0.2) is 0 Å². The predicted octanol–water partition coefficient (Wildman–Crippen LogP) is 1.27. The molecule has 2 heteroatoms. The number of fused-ring (bicyclic) bond motifs is 1. The van der Waals surface area contributed by atoms with Crippen molar-refractivity contribution < 1.29 is 10.2 Å². The first-order valence-corrected chi connectivity index (χ1v) is 6.92. The fourth-order valence-electron chi connectivity index (χ4n) is 7.77. The number of rotatable bonds is 0. The molecule has 6 fully saturated rings. The fraction of sp³-hybridized carbons (Fsp3) is 1.00. The van der Waals surface area contributed by atoms with Gasteiger partial charge in [-0.3, -0.25) is 0 Å². The summed E-state index contributed by atoms with van der Waals surface area (Å²) < 4.78 is 0. The van der Waals surface area contributed by atoms with Crippen LogP contribution in [0.25, 0.3) is 0 Å². The highest BCUT2D eigenvalue weighted by Gasteiger charge is 2.86. The van der Waals surface area contributed by atoms with E-state index in [1.54, 1.807) is 0 Å². The third kappa shape index (κ3) is 0.551. The first-order chi connectivity index (χ1) is 7.47. The highest BCUT2D eigenvalue weighted by atomic mass is 16.3. The van der Waals surface area contributed by atoms with Crippen molar-refractivity contribution in [3.8, 4) is 0 Å². The predicted molar refractivity (Wildman–Crippen MR) is 58.4 cm³/mol. The van der Waals surface area contributed by atoms with Gasteiger partial charge < -0.3 is 10.2 Å². The molecule has 0 heterocycles. The Morgan fingerprint density at radius 1 is 0.750 bits per heavy atom. The maximum absolute atomic E-state index is 10.8. The van der Waals surface area contributed by atoms with E-state index in [1.807, 2.05) is 0 Å². The van der Waals surface area contributed by atoms with Crippen molar-refractivity contribution in [2.75, 3.05) is 0 Å². The summed E-state index contributed by atoms with van der Waals surface area (Å²) in [7, 11) is 0. The summed E-state index contributed by atoms with van der Waals surface area (Å²) in [6.07, 6.45) is 2.64. The highest BCUT2D eigenvalue weighted by Crippen LogP contribution is 2.84. The van der Waals surface area contributed by atoms with Crippen LogP contribution in [-0.4, -0.2) is 21.4 Å². The molecular weight excluding hydrogens is 200 g/mol. The molecule has 0 aromatic carbocycles. The lowest BCUT2D eigenvalue weighted by molar-refractivity contribution is -0.0697. The van der Waals surface area contributed by atoms with E-state index in [-0.39, 0.29) is 0 Å². The Labute approximate surface area is 96.0 Å². The van der Waals surface area contributed by atoms with Crippen LogP contribution in [0.2, 0.25) is 0 Å². The molecule has 6 aliphatic rings. The first kappa shape index (κ1) is 8.93. The van der Waals surface area contributed by atoms with Gasteiger partial charge in [-0.25, -0.2) is 0 Å². The molecule has 10 atom stereocenters. The Bertz CT molecular complexity index is 362. The maximum Gasteiger partial charge on any atom is 0.0688 e. The zero-order valence-electron chi connectivity index (χ0n) is 9.93. The van der Waals surface area contributed by atoms with Gasteiger partial charge in [0.05, 0.1) is 11.2 Å². The van der Waals surface area contributed by atoms with E-state index < -0.39 is 11.2 Å². The quantitative estimate of drug-likeness (QED) is 0.645. The van der Waals surface area contributed by atoms with Crippen LogP contribution >= 0.6 is 0 Å². The lowest BCUT2D eigenvalue weighted by Crippen LogP contribution is -2.48. The third-order valence-electron chi connectivity index (χ3n) is 7.49. The van der Waals surface area contributed by atoms with Gasteiger partial charge in [0, 0.05) is 0 Å². The molecule has 0 aromatic rings. The molecule has 6 aliphatic carbocycles. The van der Waals surface area contributed by atoms with Crippen LogP contribution in [0.5, 0.6) is 0 Å². The average Bonchev–Trinajstić information content (AvgIpc) is 2.76. The Morgan fingerprint density at radius 2 is 1.12 bits per heavy atom. The molecule has 0 saturated heterocycles. The van der Waals surface area contributed by atoms with Gasteiger partial charge in [-0.15, -0.1) is 0 Å². The van der Waals surface area contributed by atoms with E-state index in [2.05, 4.69) is 13.8 Å². The third-order valence-corrected chi connectivity index (χ3v) is 7.49. The Morgan fingerprint density at radius 3 is 1.50 bits per heavy atom. The van der Waals surface area contributed by atoms with E-state index in [0.29, 0.717) is 35.5 Å². The van der Waals surface area contributed by atoms with Crippen molar-refractivity contribution in [3.63, 3.8) is 0 Å². The summed E-state index contributed by atoms with van der Waals surface area (Å²) in [5, 5.41) is 21.6. The van der Waals surface area contributed by atoms with Gasteiger partial charge >= 0.3 is 0 Å². The van der Waals surface area contributed by atoms with Crippen LogP contribution in [-0.2, 0) is 0 Å². The van der Waals surface area contributed by atoms with Gasteiger partial charge in [0.15, 0.2) is 0 Å². The molecule has 0 radical (unpaired) electrons. The minimum absolute atomic E-state index is 0.420. The zero-order chi connectivity index (χ0) is 11.0. The van der Waals surface area contributed by atoms with Crippen LogP contribution in [0.4, 0.5) is 0 Å². The van der Waals surface area contributed by atoms with Crippen molar-refractivity contribution in [2.24, 2.45) is 47.3 Å². The summed E-state index contributed by atoms with van der Waals surface area (Å²) in [6, 6.07) is 0. The van der Waals surface area contributed by atoms with Gasteiger partial charge in [-0.1, -0.05) is 0 Å². The smallest absolute Gasteiger partial charge is 0.0688 e. The summed E-state index contributed by atoms with van der Waals surface area (Å²) in [4.78, 5) is 0. The Balaban J connectivity index is 1.82. The van der Waals surface area contributed by atoms with Crippen LogP contribution in [0.1, 0.15) is 26.7 Å². The molecular formula is C14H20O2. The van der Waals surface area contributed by atoms with Gasteiger partial charge in [-0.2, -0.15) is 0 Å². The largest absolute Gasteiger partial charge is 0.390 e. The second-order valence-electron chi connectivity index (χ2n) is 7.61. The summed E-state index contributed by atoms with van der Waals surface area (Å²) in [6.45, 7) is 4.13. The average molecular weight is 220 g/mol. The molecule has 0 unspecified atom stereocenters. The van der Waals surface area contributed by atoms with E-state index in [4.69, 9.17) is 0 Å². The molecule has 6 bridgehead atoms. The highest BCUT2D eigenvalue weighted by molar-refractivity contribution is 5.34. The van der Waals surface area contributed by atoms with Crippen LogP contribution in [0, 0.1) is 47.3 Å². The molecule has 88 valence electrons. The van der Waals surface area contributed by atoms with Crippen LogP contribution < -0.4 is 0 Å². The standard InChI is InChI=1S/C14H20O2/c1-13(15)9-5-3-4-6-7(9)12-11(13)8(5)10(6)14(12,2)16/h5-12,15-16H,3-4H2,1-2H3/t5-,6-,7-,8-,9-,10-,11-,12+,13-,14-/m1/s1. The molecule has 0 amide bonds. The number of hydrogen-bond acceptors (Lipinski definition) is 2. The van der Waals surface area contributed by atoms with Gasteiger partial charge in [-0.05, 0) is 74.0 Å². The van der Waals surface area contributed by atoms with Gasteiger partial charge in [0.25, 0.3) is 0 Å². The van der Waals surface area contributed by atoms with Crippen molar-refractivity contribution in [1.29, 1.82) is 0 Å². The van der Waals surface area contributed by atoms with E-state index >= 15 is 0 Å². The molecule has 16 heavy (non-hydrogen) atoms. The lowest BCUT2D eigenvalue weighted by atomic mass is 9.53. The van der Waals surface area contributed by atoms with Crippen molar-refractivity contribution in [1.82, 2.24) is 0 Å². The van der Waals surface area contributed by atoms with Crippen molar-refractivity contribution in [2.45, 2.75) is 37.9 Å². The minimum atomic E-state index is -0.460. The first-order valence-electron chi connectivity index (χ1n) is 6.92. The second kappa shape index (κ2) is 2.01. The summed E-state index contributed by atoms with van der Waals surface area (Å²) >= 11 is 0. The Hall–Kier alpha value is -0.0800. The molecule has 6 saturated carbocycles. The molecule has 2 nitrogen and oxygen atoms in total. The van der Waals surface area contributed by atoms with Crippen LogP contribution in [0.3, 0.4) is 0 Å². The zero-order valence-corrected chi connectivity index (χ0v) is 9.93. The molecule has 6 rings (SSSR count). The van der Waals surface area contributed by atoms with E-state index in [0.717, 1.165) is 11.8 Å². The van der Waals surface area contributed by atoms with Crippen molar-refractivity contribution in [3.05, 3.63) is 0 Å². The maximum atomic E-state index is 10.8. The topological polar surface area (TPSA) is 40.5 Å². The van der Waals surface area contributed by atoms with Gasteiger partial charge in [0.1, 0.15) is 0 Å². The van der Waals surface area contributed by atoms with Gasteiger partial charge in [0.2, 0.25) is 0 Å². The Kier molecular flexibility index (Phi) is 1.12. The molecule has 0 aromatic heterocycles.